The minimum Gasteiger partial charge on any atom is -0.497 e. The minimum absolute atomic E-state index is 0.244. The summed E-state index contributed by atoms with van der Waals surface area (Å²) in [6.07, 6.45) is 0. The van der Waals surface area contributed by atoms with Gasteiger partial charge in [-0.1, -0.05) is 0 Å². The van der Waals surface area contributed by atoms with E-state index < -0.39 is 23.2 Å². The first-order valence-corrected chi connectivity index (χ1v) is 5.36. The van der Waals surface area contributed by atoms with E-state index >= 15 is 0 Å². The Balaban J connectivity index is 2.44. The molecule has 98 valence electrons. The van der Waals surface area contributed by atoms with Crippen LogP contribution in [-0.2, 0) is 0 Å². The van der Waals surface area contributed by atoms with Crippen molar-refractivity contribution >= 4 is 5.78 Å². The number of carbonyl (C=O) groups excluding carboxylic acids is 1. The molecule has 0 atom stereocenters. The molecule has 0 N–H and O–H groups in total. The van der Waals surface area contributed by atoms with Crippen LogP contribution in [0, 0.1) is 17.5 Å². The number of benzene rings is 2. The van der Waals surface area contributed by atoms with Crippen molar-refractivity contribution in [3.63, 3.8) is 0 Å². The molecule has 0 fully saturated rings. The van der Waals surface area contributed by atoms with Gasteiger partial charge >= 0.3 is 0 Å². The molecule has 0 aliphatic heterocycles. The van der Waals surface area contributed by atoms with Gasteiger partial charge in [0.1, 0.15) is 23.2 Å². The highest BCUT2D eigenvalue weighted by molar-refractivity contribution is 6.09. The fourth-order valence-electron chi connectivity index (χ4n) is 1.63. The standard InChI is InChI=1S/C14H9F3O2/c1-19-9-3-5-11(13(17)7-9)14(18)10-4-2-8(15)6-12(10)16/h2-7H,1H3. The molecule has 0 aromatic heterocycles. The molecule has 2 aromatic carbocycles. The van der Waals surface area contributed by atoms with Crippen molar-refractivity contribution in [2.45, 2.75) is 0 Å². The quantitative estimate of drug-likeness (QED) is 0.796. The smallest absolute Gasteiger partial charge is 0.198 e. The summed E-state index contributed by atoms with van der Waals surface area (Å²) in [5.41, 5.74) is -0.684. The Bertz CT molecular complexity index is 639. The predicted molar refractivity (Wildman–Crippen MR) is 62.7 cm³/mol. The summed E-state index contributed by atoms with van der Waals surface area (Å²) >= 11 is 0. The Hall–Kier alpha value is -2.30. The molecular weight excluding hydrogens is 257 g/mol. The Morgan fingerprint density at radius 3 is 2.05 bits per heavy atom. The summed E-state index contributed by atoms with van der Waals surface area (Å²) in [5.74, 6) is -3.26. The summed E-state index contributed by atoms with van der Waals surface area (Å²) in [6, 6.07) is 6.11. The zero-order chi connectivity index (χ0) is 14.0. The Morgan fingerprint density at radius 2 is 1.53 bits per heavy atom. The maximum Gasteiger partial charge on any atom is 0.198 e. The lowest BCUT2D eigenvalue weighted by atomic mass is 10.0. The molecule has 2 aromatic rings. The third-order valence-electron chi connectivity index (χ3n) is 2.60. The van der Waals surface area contributed by atoms with Crippen molar-refractivity contribution in [3.05, 3.63) is 65.0 Å². The van der Waals surface area contributed by atoms with Crippen LogP contribution < -0.4 is 4.74 Å². The summed E-state index contributed by atoms with van der Waals surface area (Å²) < 4.78 is 44.7. The molecular formula is C14H9F3O2. The summed E-state index contributed by atoms with van der Waals surface area (Å²) in [5, 5.41) is 0. The zero-order valence-corrected chi connectivity index (χ0v) is 9.91. The van der Waals surface area contributed by atoms with Gasteiger partial charge in [-0.15, -0.1) is 0 Å². The van der Waals surface area contributed by atoms with Crippen LogP contribution >= 0.6 is 0 Å². The second-order valence-electron chi connectivity index (χ2n) is 3.80. The third-order valence-corrected chi connectivity index (χ3v) is 2.60. The molecule has 0 radical (unpaired) electrons. The summed E-state index contributed by atoms with van der Waals surface area (Å²) in [7, 11) is 1.36. The number of rotatable bonds is 3. The van der Waals surface area contributed by atoms with Crippen LogP contribution in [0.25, 0.3) is 0 Å². The van der Waals surface area contributed by atoms with E-state index in [2.05, 4.69) is 0 Å². The number of ketones is 1. The van der Waals surface area contributed by atoms with Crippen molar-refractivity contribution in [1.29, 1.82) is 0 Å². The second kappa shape index (κ2) is 5.14. The van der Waals surface area contributed by atoms with Crippen molar-refractivity contribution in [2.75, 3.05) is 7.11 Å². The topological polar surface area (TPSA) is 26.3 Å². The molecule has 2 nitrogen and oxygen atoms in total. The van der Waals surface area contributed by atoms with Gasteiger partial charge in [0.2, 0.25) is 0 Å². The van der Waals surface area contributed by atoms with E-state index in [1.807, 2.05) is 0 Å². The highest BCUT2D eigenvalue weighted by atomic mass is 19.1. The molecule has 0 aliphatic rings. The van der Waals surface area contributed by atoms with Gasteiger partial charge in [-0.3, -0.25) is 4.79 Å². The first-order valence-electron chi connectivity index (χ1n) is 5.36. The first kappa shape index (κ1) is 13.1. The molecule has 0 unspecified atom stereocenters. The average molecular weight is 266 g/mol. The maximum absolute atomic E-state index is 13.7. The maximum atomic E-state index is 13.7. The largest absolute Gasteiger partial charge is 0.497 e. The fourth-order valence-corrected chi connectivity index (χ4v) is 1.63. The number of hydrogen-bond donors (Lipinski definition) is 0. The average Bonchev–Trinajstić information content (AvgIpc) is 2.37. The fraction of sp³-hybridized carbons (Fsp3) is 0.0714. The molecule has 19 heavy (non-hydrogen) atoms. The van der Waals surface area contributed by atoms with Crippen molar-refractivity contribution in [2.24, 2.45) is 0 Å². The van der Waals surface area contributed by atoms with E-state index in [-0.39, 0.29) is 16.9 Å². The summed E-state index contributed by atoms with van der Waals surface area (Å²) in [6.45, 7) is 0. The lowest BCUT2D eigenvalue weighted by Crippen LogP contribution is -2.07. The van der Waals surface area contributed by atoms with Crippen LogP contribution in [0.1, 0.15) is 15.9 Å². The molecule has 5 heteroatoms. The SMILES string of the molecule is COc1ccc(C(=O)c2ccc(F)cc2F)c(F)c1. The molecule has 0 aliphatic carbocycles. The van der Waals surface area contributed by atoms with Crippen LogP contribution in [0.2, 0.25) is 0 Å². The monoisotopic (exact) mass is 266 g/mol. The minimum atomic E-state index is -1.03. The predicted octanol–water partition coefficient (Wildman–Crippen LogP) is 3.34. The Labute approximate surface area is 107 Å². The van der Waals surface area contributed by atoms with E-state index in [9.17, 15) is 18.0 Å². The first-order chi connectivity index (χ1) is 9.02. The molecule has 0 amide bonds. The van der Waals surface area contributed by atoms with Crippen LogP contribution in [0.15, 0.2) is 36.4 Å². The van der Waals surface area contributed by atoms with Crippen molar-refractivity contribution in [3.8, 4) is 5.75 Å². The lowest BCUT2D eigenvalue weighted by molar-refractivity contribution is 0.103. The van der Waals surface area contributed by atoms with Crippen LogP contribution in [-0.4, -0.2) is 12.9 Å². The van der Waals surface area contributed by atoms with Crippen LogP contribution in [0.4, 0.5) is 13.2 Å². The zero-order valence-electron chi connectivity index (χ0n) is 9.91. The van der Waals surface area contributed by atoms with E-state index in [0.717, 1.165) is 18.2 Å². The van der Waals surface area contributed by atoms with Crippen molar-refractivity contribution in [1.82, 2.24) is 0 Å². The molecule has 2 rings (SSSR count). The van der Waals surface area contributed by atoms with Gasteiger partial charge in [-0.25, -0.2) is 13.2 Å². The van der Waals surface area contributed by atoms with E-state index in [4.69, 9.17) is 4.74 Å². The molecule has 0 spiro atoms. The molecule has 0 saturated heterocycles. The van der Waals surface area contributed by atoms with E-state index in [0.29, 0.717) is 6.07 Å². The third kappa shape index (κ3) is 2.59. The van der Waals surface area contributed by atoms with Gasteiger partial charge in [0.05, 0.1) is 18.2 Å². The number of methoxy groups -OCH3 is 1. The van der Waals surface area contributed by atoms with Gasteiger partial charge in [-0.05, 0) is 24.3 Å². The van der Waals surface area contributed by atoms with Gasteiger partial charge in [-0.2, -0.15) is 0 Å². The van der Waals surface area contributed by atoms with Gasteiger partial charge in [0, 0.05) is 12.1 Å². The molecule has 0 saturated carbocycles. The van der Waals surface area contributed by atoms with Crippen molar-refractivity contribution < 1.29 is 22.7 Å². The Morgan fingerprint density at radius 1 is 0.947 bits per heavy atom. The van der Waals surface area contributed by atoms with Gasteiger partial charge in [0.25, 0.3) is 0 Å². The Kier molecular flexibility index (Phi) is 3.55. The highest BCUT2D eigenvalue weighted by Crippen LogP contribution is 2.20. The van der Waals surface area contributed by atoms with E-state index in [1.54, 1.807) is 0 Å². The number of hydrogen-bond acceptors (Lipinski definition) is 2. The van der Waals surface area contributed by atoms with Crippen LogP contribution in [0.5, 0.6) is 5.75 Å². The van der Waals surface area contributed by atoms with E-state index in [1.165, 1.54) is 19.2 Å². The highest BCUT2D eigenvalue weighted by Gasteiger charge is 2.18. The number of carbonyl (C=O) groups is 1. The molecule has 0 bridgehead atoms. The second-order valence-corrected chi connectivity index (χ2v) is 3.80. The van der Waals surface area contributed by atoms with Gasteiger partial charge < -0.3 is 4.74 Å². The van der Waals surface area contributed by atoms with Gasteiger partial charge in [0.15, 0.2) is 5.78 Å². The number of ether oxygens (including phenoxy) is 1. The number of halogens is 3. The normalized spacial score (nSPS) is 10.3. The summed E-state index contributed by atoms with van der Waals surface area (Å²) in [4.78, 5) is 12.0. The lowest BCUT2D eigenvalue weighted by Gasteiger charge is -2.06. The molecule has 0 heterocycles. The van der Waals surface area contributed by atoms with Crippen LogP contribution in [0.3, 0.4) is 0 Å².